The van der Waals surface area contributed by atoms with Crippen LogP contribution in [0.3, 0.4) is 0 Å². The second kappa shape index (κ2) is 5.92. The molecule has 0 aromatic heterocycles. The standard InChI is InChI=1S/C10H16F3NO4/c1-9(2,3)6(7(15)16)14-8(17)18-5-4-10(11,12)13/h6H,4-5H2,1-3H3,(H,14,17)(H,15,16). The maximum Gasteiger partial charge on any atom is 0.407 e. The van der Waals surface area contributed by atoms with Gasteiger partial charge in [0.25, 0.3) is 0 Å². The van der Waals surface area contributed by atoms with E-state index in [1.807, 2.05) is 5.32 Å². The lowest BCUT2D eigenvalue weighted by molar-refractivity contribution is -0.144. The molecule has 1 unspecified atom stereocenters. The molecule has 0 spiro atoms. The van der Waals surface area contributed by atoms with Crippen LogP contribution in [0, 0.1) is 5.41 Å². The minimum atomic E-state index is -4.42. The molecule has 0 rings (SSSR count). The highest BCUT2D eigenvalue weighted by molar-refractivity contribution is 5.80. The molecule has 106 valence electrons. The summed E-state index contributed by atoms with van der Waals surface area (Å²) in [5, 5.41) is 10.9. The van der Waals surface area contributed by atoms with Crippen molar-refractivity contribution < 1.29 is 32.6 Å². The van der Waals surface area contributed by atoms with Crippen LogP contribution >= 0.6 is 0 Å². The molecule has 0 aliphatic heterocycles. The second-order valence-corrected chi connectivity index (χ2v) is 4.78. The number of nitrogens with one attached hydrogen (secondary N) is 1. The highest BCUT2D eigenvalue weighted by Gasteiger charge is 2.33. The number of hydrogen-bond donors (Lipinski definition) is 2. The number of ether oxygens (including phenoxy) is 1. The number of aliphatic carboxylic acids is 1. The van der Waals surface area contributed by atoms with Crippen LogP contribution < -0.4 is 5.32 Å². The van der Waals surface area contributed by atoms with Crippen molar-refractivity contribution in [2.45, 2.75) is 39.4 Å². The fraction of sp³-hybridized carbons (Fsp3) is 0.800. The van der Waals surface area contributed by atoms with Crippen LogP contribution in [0.5, 0.6) is 0 Å². The first kappa shape index (κ1) is 16.5. The monoisotopic (exact) mass is 271 g/mol. The van der Waals surface area contributed by atoms with E-state index in [1.54, 1.807) is 20.8 Å². The van der Waals surface area contributed by atoms with Gasteiger partial charge in [-0.1, -0.05) is 20.8 Å². The third kappa shape index (κ3) is 6.97. The van der Waals surface area contributed by atoms with E-state index in [4.69, 9.17) is 5.11 Å². The van der Waals surface area contributed by atoms with Crippen LogP contribution in [-0.2, 0) is 9.53 Å². The van der Waals surface area contributed by atoms with Crippen molar-refractivity contribution in [3.63, 3.8) is 0 Å². The average molecular weight is 271 g/mol. The third-order valence-corrected chi connectivity index (χ3v) is 1.99. The minimum Gasteiger partial charge on any atom is -0.480 e. The summed E-state index contributed by atoms with van der Waals surface area (Å²) in [6.07, 6.45) is -6.87. The van der Waals surface area contributed by atoms with E-state index in [9.17, 15) is 22.8 Å². The summed E-state index contributed by atoms with van der Waals surface area (Å²) in [6, 6.07) is -1.24. The first-order chi connectivity index (χ1) is 7.93. The predicted molar refractivity (Wildman–Crippen MR) is 56.0 cm³/mol. The van der Waals surface area contributed by atoms with Crippen molar-refractivity contribution >= 4 is 12.1 Å². The van der Waals surface area contributed by atoms with Gasteiger partial charge in [0, 0.05) is 0 Å². The summed E-state index contributed by atoms with van der Waals surface area (Å²) in [5.74, 6) is -1.28. The van der Waals surface area contributed by atoms with Gasteiger partial charge in [0.05, 0.1) is 6.42 Å². The molecule has 8 heteroatoms. The number of halogens is 3. The molecule has 5 nitrogen and oxygen atoms in total. The molecule has 0 radical (unpaired) electrons. The second-order valence-electron chi connectivity index (χ2n) is 4.78. The Morgan fingerprint density at radius 2 is 1.78 bits per heavy atom. The molecule has 0 heterocycles. The Kier molecular flexibility index (Phi) is 5.44. The van der Waals surface area contributed by atoms with Crippen LogP contribution in [0.1, 0.15) is 27.2 Å². The molecular formula is C10H16F3NO4. The molecule has 1 amide bonds. The maximum absolute atomic E-state index is 11.8. The van der Waals surface area contributed by atoms with Gasteiger partial charge in [-0.05, 0) is 5.41 Å². The predicted octanol–water partition coefficient (Wildman–Crippen LogP) is 2.16. The maximum atomic E-state index is 11.8. The Bertz CT molecular complexity index is 309. The molecule has 1 atom stereocenters. The quantitative estimate of drug-likeness (QED) is 0.821. The number of carboxylic acids is 1. The van der Waals surface area contributed by atoms with Gasteiger partial charge >= 0.3 is 18.2 Å². The zero-order valence-corrected chi connectivity index (χ0v) is 10.3. The number of rotatable bonds is 4. The Labute approximate surface area is 102 Å². The fourth-order valence-electron chi connectivity index (χ4n) is 1.07. The Morgan fingerprint density at radius 3 is 2.11 bits per heavy atom. The number of carbonyl (C=O) groups is 2. The molecule has 0 bridgehead atoms. The van der Waals surface area contributed by atoms with E-state index in [1.165, 1.54) is 0 Å². The van der Waals surface area contributed by atoms with Crippen molar-refractivity contribution in [3.8, 4) is 0 Å². The number of amides is 1. The SMILES string of the molecule is CC(C)(C)C(NC(=O)OCCC(F)(F)F)C(=O)O. The Hall–Kier alpha value is -1.47. The molecule has 0 saturated heterocycles. The molecule has 0 aromatic rings. The molecule has 0 aliphatic carbocycles. The molecular weight excluding hydrogens is 255 g/mol. The first-order valence-corrected chi connectivity index (χ1v) is 5.16. The van der Waals surface area contributed by atoms with Crippen molar-refractivity contribution in [3.05, 3.63) is 0 Å². The zero-order valence-electron chi connectivity index (χ0n) is 10.3. The molecule has 2 N–H and O–H groups in total. The zero-order chi connectivity index (χ0) is 14.6. The summed E-state index contributed by atoms with van der Waals surface area (Å²) in [7, 11) is 0. The molecule has 0 saturated carbocycles. The van der Waals surface area contributed by atoms with Crippen molar-refractivity contribution in [1.29, 1.82) is 0 Å². The normalized spacial score (nSPS) is 13.9. The van der Waals surface area contributed by atoms with Gasteiger partial charge in [-0.25, -0.2) is 9.59 Å². The van der Waals surface area contributed by atoms with E-state index in [0.717, 1.165) is 0 Å². The van der Waals surface area contributed by atoms with E-state index >= 15 is 0 Å². The molecule has 0 aromatic carbocycles. The van der Waals surface area contributed by atoms with Crippen molar-refractivity contribution in [2.24, 2.45) is 5.41 Å². The summed E-state index contributed by atoms with van der Waals surface area (Å²) in [6.45, 7) is 3.87. The Balaban J connectivity index is 4.25. The van der Waals surface area contributed by atoms with Gasteiger partial charge in [-0.2, -0.15) is 13.2 Å². The van der Waals surface area contributed by atoms with E-state index in [2.05, 4.69) is 4.74 Å². The van der Waals surface area contributed by atoms with Crippen LogP contribution in [0.4, 0.5) is 18.0 Å². The number of alkyl halides is 3. The lowest BCUT2D eigenvalue weighted by atomic mass is 9.87. The van der Waals surface area contributed by atoms with Crippen LogP contribution in [0.25, 0.3) is 0 Å². The topological polar surface area (TPSA) is 75.6 Å². The van der Waals surface area contributed by atoms with Gasteiger partial charge in [-0.15, -0.1) is 0 Å². The number of alkyl carbamates (subject to hydrolysis) is 1. The lowest BCUT2D eigenvalue weighted by Crippen LogP contribution is -2.49. The summed E-state index contributed by atoms with van der Waals surface area (Å²) in [4.78, 5) is 22.0. The number of hydrogen-bond acceptors (Lipinski definition) is 3. The van der Waals surface area contributed by atoms with Crippen molar-refractivity contribution in [1.82, 2.24) is 5.32 Å². The van der Waals surface area contributed by atoms with Crippen molar-refractivity contribution in [2.75, 3.05) is 6.61 Å². The minimum absolute atomic E-state index is 0.783. The summed E-state index contributed by atoms with van der Waals surface area (Å²) >= 11 is 0. The third-order valence-electron chi connectivity index (χ3n) is 1.99. The van der Waals surface area contributed by atoms with E-state index < -0.39 is 42.7 Å². The van der Waals surface area contributed by atoms with Gasteiger partial charge in [-0.3, -0.25) is 0 Å². The highest BCUT2D eigenvalue weighted by atomic mass is 19.4. The van der Waals surface area contributed by atoms with Gasteiger partial charge in [0.15, 0.2) is 0 Å². The molecule has 0 fully saturated rings. The number of carbonyl (C=O) groups excluding carboxylic acids is 1. The van der Waals surface area contributed by atoms with Gasteiger partial charge < -0.3 is 15.2 Å². The van der Waals surface area contributed by atoms with E-state index in [0.29, 0.717) is 0 Å². The van der Waals surface area contributed by atoms with E-state index in [-0.39, 0.29) is 0 Å². The summed E-state index contributed by atoms with van der Waals surface area (Å²) in [5.41, 5.74) is -0.783. The molecule has 18 heavy (non-hydrogen) atoms. The van der Waals surface area contributed by atoms with Gasteiger partial charge in [0.1, 0.15) is 12.6 Å². The van der Waals surface area contributed by atoms with Crippen LogP contribution in [0.15, 0.2) is 0 Å². The van der Waals surface area contributed by atoms with Crippen LogP contribution in [0.2, 0.25) is 0 Å². The lowest BCUT2D eigenvalue weighted by Gasteiger charge is -2.27. The fourth-order valence-corrected chi connectivity index (χ4v) is 1.07. The Morgan fingerprint density at radius 1 is 1.28 bits per heavy atom. The average Bonchev–Trinajstić information content (AvgIpc) is 2.09. The van der Waals surface area contributed by atoms with Gasteiger partial charge in [0.2, 0.25) is 0 Å². The summed E-state index contributed by atoms with van der Waals surface area (Å²) < 4.78 is 39.6. The van der Waals surface area contributed by atoms with Crippen LogP contribution in [-0.4, -0.2) is 36.0 Å². The largest absolute Gasteiger partial charge is 0.480 e. The highest BCUT2D eigenvalue weighted by Crippen LogP contribution is 2.20. The number of carboxylic acid groups (broad SMARTS) is 1. The first-order valence-electron chi connectivity index (χ1n) is 5.16. The molecule has 0 aliphatic rings. The smallest absolute Gasteiger partial charge is 0.407 e.